The van der Waals surface area contributed by atoms with E-state index in [1.807, 2.05) is 52.8 Å². The summed E-state index contributed by atoms with van der Waals surface area (Å²) in [5.41, 5.74) is 5.08. The van der Waals surface area contributed by atoms with Crippen LogP contribution in [0, 0.1) is 13.8 Å². The summed E-state index contributed by atoms with van der Waals surface area (Å²) in [6.07, 6.45) is 0.306. The molecule has 2 aromatic rings. The Hall–Kier alpha value is -2.13. The summed E-state index contributed by atoms with van der Waals surface area (Å²) in [7, 11) is 0. The molecule has 25 heavy (non-hydrogen) atoms. The van der Waals surface area contributed by atoms with Crippen LogP contribution in [0.2, 0.25) is 0 Å². The lowest BCUT2D eigenvalue weighted by Crippen LogP contribution is -2.25. The zero-order valence-corrected chi connectivity index (χ0v) is 15.9. The van der Waals surface area contributed by atoms with Gasteiger partial charge in [-0.25, -0.2) is 0 Å². The molecule has 0 aliphatic rings. The van der Waals surface area contributed by atoms with E-state index < -0.39 is 5.60 Å². The molecular formula is C22H28O3. The molecule has 0 heterocycles. The van der Waals surface area contributed by atoms with E-state index in [0.29, 0.717) is 19.6 Å². The van der Waals surface area contributed by atoms with Crippen LogP contribution in [-0.4, -0.2) is 11.6 Å². The van der Waals surface area contributed by atoms with Crippen molar-refractivity contribution in [2.45, 2.75) is 59.9 Å². The summed E-state index contributed by atoms with van der Waals surface area (Å²) >= 11 is 0. The first kappa shape index (κ1) is 19.2. The van der Waals surface area contributed by atoms with Crippen molar-refractivity contribution in [2.75, 3.05) is 0 Å². The van der Waals surface area contributed by atoms with Gasteiger partial charge in [-0.3, -0.25) is 4.79 Å². The van der Waals surface area contributed by atoms with Crippen LogP contribution in [0.15, 0.2) is 42.5 Å². The van der Waals surface area contributed by atoms with Crippen molar-refractivity contribution in [3.05, 3.63) is 70.3 Å². The molecule has 0 radical (unpaired) electrons. The molecule has 0 saturated carbocycles. The van der Waals surface area contributed by atoms with Crippen LogP contribution in [0.3, 0.4) is 0 Å². The van der Waals surface area contributed by atoms with Crippen LogP contribution in [0.4, 0.5) is 0 Å². The third-order valence-corrected chi connectivity index (χ3v) is 3.88. The number of hydrogen-bond donors (Lipinski definition) is 0. The van der Waals surface area contributed by atoms with Gasteiger partial charge in [0.15, 0.2) is 0 Å². The monoisotopic (exact) mass is 340 g/mol. The molecule has 0 saturated heterocycles. The number of aryl methyl sites for hydroxylation is 2. The second-order valence-electron chi connectivity index (χ2n) is 7.45. The zero-order valence-electron chi connectivity index (χ0n) is 15.9. The van der Waals surface area contributed by atoms with E-state index >= 15 is 0 Å². The van der Waals surface area contributed by atoms with Gasteiger partial charge in [-0.15, -0.1) is 0 Å². The minimum Gasteiger partial charge on any atom is -0.460 e. The lowest BCUT2D eigenvalue weighted by atomic mass is 9.97. The first-order valence-corrected chi connectivity index (χ1v) is 8.67. The van der Waals surface area contributed by atoms with Crippen LogP contribution in [0.5, 0.6) is 0 Å². The Morgan fingerprint density at radius 3 is 2.04 bits per heavy atom. The van der Waals surface area contributed by atoms with Gasteiger partial charge in [-0.2, -0.15) is 0 Å². The van der Waals surface area contributed by atoms with Gasteiger partial charge in [0.05, 0.1) is 19.6 Å². The summed E-state index contributed by atoms with van der Waals surface area (Å²) < 4.78 is 11.2. The molecule has 0 aliphatic heterocycles. The van der Waals surface area contributed by atoms with Crippen LogP contribution >= 0.6 is 0 Å². The van der Waals surface area contributed by atoms with E-state index in [4.69, 9.17) is 9.47 Å². The van der Waals surface area contributed by atoms with Crippen LogP contribution in [0.25, 0.3) is 0 Å². The normalized spacial score (nSPS) is 11.4. The van der Waals surface area contributed by atoms with E-state index in [1.165, 1.54) is 0 Å². The molecule has 3 nitrogen and oxygen atoms in total. The molecule has 0 fully saturated rings. The Bertz CT molecular complexity index is 689. The number of rotatable bonds is 6. The van der Waals surface area contributed by atoms with Crippen molar-refractivity contribution in [2.24, 2.45) is 0 Å². The topological polar surface area (TPSA) is 35.5 Å². The lowest BCUT2D eigenvalue weighted by Gasteiger charge is -2.20. The van der Waals surface area contributed by atoms with E-state index in [-0.39, 0.29) is 5.97 Å². The first-order valence-electron chi connectivity index (χ1n) is 8.67. The average Bonchev–Trinajstić information content (AvgIpc) is 2.50. The fourth-order valence-electron chi connectivity index (χ4n) is 2.83. The maximum absolute atomic E-state index is 12.1. The van der Waals surface area contributed by atoms with Gasteiger partial charge >= 0.3 is 5.97 Å². The minimum atomic E-state index is -0.454. The number of carbonyl (C=O) groups excluding carboxylic acids is 1. The zero-order chi connectivity index (χ0) is 18.4. The van der Waals surface area contributed by atoms with E-state index in [2.05, 4.69) is 24.3 Å². The quantitative estimate of drug-likeness (QED) is 0.701. The number of carbonyl (C=O) groups is 1. The predicted octanol–water partition coefficient (Wildman–Crippen LogP) is 4.90. The highest BCUT2D eigenvalue weighted by Crippen LogP contribution is 2.20. The molecule has 0 unspecified atom stereocenters. The summed E-state index contributed by atoms with van der Waals surface area (Å²) in [6, 6.07) is 14.3. The van der Waals surface area contributed by atoms with Crippen molar-refractivity contribution < 1.29 is 14.3 Å². The van der Waals surface area contributed by atoms with Crippen molar-refractivity contribution in [3.8, 4) is 0 Å². The molecule has 0 aromatic heterocycles. The molecule has 0 bridgehead atoms. The fourth-order valence-corrected chi connectivity index (χ4v) is 2.83. The van der Waals surface area contributed by atoms with Crippen LogP contribution < -0.4 is 0 Å². The lowest BCUT2D eigenvalue weighted by molar-refractivity contribution is -0.153. The third kappa shape index (κ3) is 6.35. The number of benzene rings is 2. The predicted molar refractivity (Wildman–Crippen MR) is 100 cm³/mol. The number of hydrogen-bond acceptors (Lipinski definition) is 3. The van der Waals surface area contributed by atoms with Gasteiger partial charge in [0, 0.05) is 0 Å². The molecular weight excluding hydrogens is 312 g/mol. The Balaban J connectivity index is 1.98. The second-order valence-corrected chi connectivity index (χ2v) is 7.45. The van der Waals surface area contributed by atoms with Crippen molar-refractivity contribution in [3.63, 3.8) is 0 Å². The molecule has 3 heteroatoms. The van der Waals surface area contributed by atoms with Gasteiger partial charge < -0.3 is 9.47 Å². The highest BCUT2D eigenvalue weighted by molar-refractivity contribution is 5.74. The molecule has 0 N–H and O–H groups in total. The maximum atomic E-state index is 12.1. The molecule has 2 rings (SSSR count). The highest BCUT2D eigenvalue weighted by atomic mass is 16.6. The van der Waals surface area contributed by atoms with Gasteiger partial charge in [0.1, 0.15) is 5.60 Å². The number of esters is 1. The number of ether oxygens (including phenoxy) is 2. The minimum absolute atomic E-state index is 0.188. The Morgan fingerprint density at radius 1 is 0.920 bits per heavy atom. The highest BCUT2D eigenvalue weighted by Gasteiger charge is 2.18. The summed E-state index contributed by atoms with van der Waals surface area (Å²) in [5, 5.41) is 0. The molecule has 134 valence electrons. The SMILES string of the molecule is Cc1cc(COCc2ccccc2)cc(C)c1CC(=O)OC(C)(C)C. The molecule has 0 atom stereocenters. The van der Waals surface area contributed by atoms with E-state index in [9.17, 15) is 4.79 Å². The van der Waals surface area contributed by atoms with Crippen molar-refractivity contribution in [1.82, 2.24) is 0 Å². The summed E-state index contributed by atoms with van der Waals surface area (Å²) in [5.74, 6) is -0.188. The van der Waals surface area contributed by atoms with Crippen LogP contribution in [-0.2, 0) is 33.9 Å². The standard InChI is InChI=1S/C22H28O3/c1-16-11-19(15-24-14-18-9-7-6-8-10-18)12-17(2)20(16)13-21(23)25-22(3,4)5/h6-12H,13-15H2,1-5H3. The molecule has 2 aromatic carbocycles. The Kier molecular flexibility index (Phi) is 6.38. The molecule has 0 aliphatic carbocycles. The van der Waals surface area contributed by atoms with E-state index in [1.54, 1.807) is 0 Å². The smallest absolute Gasteiger partial charge is 0.310 e. The molecule has 0 amide bonds. The third-order valence-electron chi connectivity index (χ3n) is 3.88. The largest absolute Gasteiger partial charge is 0.460 e. The fraction of sp³-hybridized carbons (Fsp3) is 0.409. The van der Waals surface area contributed by atoms with Gasteiger partial charge in [-0.1, -0.05) is 42.5 Å². The summed E-state index contributed by atoms with van der Waals surface area (Å²) in [6.45, 7) is 10.9. The Labute approximate surface area is 151 Å². The summed E-state index contributed by atoms with van der Waals surface area (Å²) in [4.78, 5) is 12.1. The van der Waals surface area contributed by atoms with Crippen molar-refractivity contribution in [1.29, 1.82) is 0 Å². The molecule has 0 spiro atoms. The van der Waals surface area contributed by atoms with Crippen molar-refractivity contribution >= 4 is 5.97 Å². The van der Waals surface area contributed by atoms with Gasteiger partial charge in [0.2, 0.25) is 0 Å². The van der Waals surface area contributed by atoms with E-state index in [0.717, 1.165) is 27.8 Å². The first-order chi connectivity index (χ1) is 11.7. The van der Waals surface area contributed by atoms with Crippen LogP contribution in [0.1, 0.15) is 48.6 Å². The Morgan fingerprint density at radius 2 is 1.48 bits per heavy atom. The maximum Gasteiger partial charge on any atom is 0.310 e. The van der Waals surface area contributed by atoms with Gasteiger partial charge in [-0.05, 0) is 62.4 Å². The second kappa shape index (κ2) is 8.30. The average molecular weight is 340 g/mol. The van der Waals surface area contributed by atoms with Gasteiger partial charge in [0.25, 0.3) is 0 Å².